The molecule has 0 radical (unpaired) electrons. The first-order valence-corrected chi connectivity index (χ1v) is 16.4. The highest BCUT2D eigenvalue weighted by Gasteiger charge is 2.57. The lowest BCUT2D eigenvalue weighted by molar-refractivity contribution is -0.134. The maximum absolute atomic E-state index is 14.0. The minimum atomic E-state index is -4.37. The fraction of sp³-hybridized carbons (Fsp3) is 0.417. The van der Waals surface area contributed by atoms with E-state index >= 15 is 0 Å². The van der Waals surface area contributed by atoms with E-state index in [1.54, 1.807) is 0 Å². The van der Waals surface area contributed by atoms with Crippen LogP contribution in [0.4, 0.5) is 13.8 Å². The molecule has 2 aromatic rings. The topological polar surface area (TPSA) is 145 Å². The number of amides is 1. The van der Waals surface area contributed by atoms with Crippen molar-refractivity contribution in [1.82, 2.24) is 9.62 Å². The molecule has 208 valence electrons. The molecule has 4 atom stereocenters. The molecule has 1 aromatic carbocycles. The van der Waals surface area contributed by atoms with Gasteiger partial charge in [0.25, 0.3) is 15.9 Å². The molecule has 4 aliphatic rings. The number of rotatable bonds is 6. The summed E-state index contributed by atoms with van der Waals surface area (Å²) in [7, 11) is -7.96. The van der Waals surface area contributed by atoms with Crippen LogP contribution in [0.2, 0.25) is 0 Å². The van der Waals surface area contributed by atoms with Gasteiger partial charge in [0.15, 0.2) is 17.5 Å². The van der Waals surface area contributed by atoms with E-state index in [0.29, 0.717) is 5.56 Å². The third-order valence-corrected chi connectivity index (χ3v) is 11.0. The third-order valence-electron chi connectivity index (χ3n) is 7.90. The van der Waals surface area contributed by atoms with Gasteiger partial charge in [0.05, 0.1) is 6.26 Å². The van der Waals surface area contributed by atoms with E-state index in [2.05, 4.69) is 14.4 Å². The lowest BCUT2D eigenvalue weighted by Crippen LogP contribution is -2.53. The number of hydrogen-bond donors (Lipinski definition) is 3. The Kier molecular flexibility index (Phi) is 6.13. The zero-order valence-electron chi connectivity index (χ0n) is 20.5. The van der Waals surface area contributed by atoms with Gasteiger partial charge in [-0.3, -0.25) is 4.79 Å². The van der Waals surface area contributed by atoms with E-state index < -0.39 is 43.5 Å². The number of aliphatic hydroxyl groups is 1. The van der Waals surface area contributed by atoms with Crippen LogP contribution in [0, 0.1) is 29.4 Å². The van der Waals surface area contributed by atoms with E-state index in [1.807, 2.05) is 0 Å². The lowest BCUT2D eigenvalue weighted by Gasteiger charge is -2.44. The first-order chi connectivity index (χ1) is 18.3. The van der Waals surface area contributed by atoms with Crippen LogP contribution in [0.1, 0.15) is 30.4 Å². The molecule has 39 heavy (non-hydrogen) atoms. The minimum Gasteiger partial charge on any atom is -0.511 e. The number of amidine groups is 1. The second kappa shape index (κ2) is 9.08. The van der Waals surface area contributed by atoms with Crippen molar-refractivity contribution in [2.24, 2.45) is 22.2 Å². The van der Waals surface area contributed by atoms with Gasteiger partial charge in [-0.2, -0.15) is 8.42 Å². The van der Waals surface area contributed by atoms with Gasteiger partial charge >= 0.3 is 0 Å². The Labute approximate surface area is 227 Å². The zero-order chi connectivity index (χ0) is 27.9. The molecule has 2 bridgehead atoms. The van der Waals surface area contributed by atoms with Crippen molar-refractivity contribution in [2.75, 3.05) is 11.6 Å². The van der Waals surface area contributed by atoms with Crippen molar-refractivity contribution >= 4 is 48.1 Å². The number of thiophene rings is 1. The molecule has 2 aliphatic carbocycles. The number of sulfonamides is 2. The molecular weight excluding hydrogens is 574 g/mol. The van der Waals surface area contributed by atoms with Gasteiger partial charge < -0.3 is 15.3 Å². The molecule has 3 N–H and O–H groups in total. The monoisotopic (exact) mass is 598 g/mol. The van der Waals surface area contributed by atoms with Crippen LogP contribution in [0.25, 0.3) is 0 Å². The van der Waals surface area contributed by atoms with Crippen LogP contribution in [-0.4, -0.2) is 50.9 Å². The summed E-state index contributed by atoms with van der Waals surface area (Å²) in [4.78, 5) is 15.2. The molecule has 2 saturated carbocycles. The second-order valence-electron chi connectivity index (χ2n) is 10.3. The van der Waals surface area contributed by atoms with Gasteiger partial charge in [-0.05, 0) is 54.2 Å². The molecule has 2 aliphatic heterocycles. The number of carbonyl (C=O) groups excluding carboxylic acids is 1. The highest BCUT2D eigenvalue weighted by molar-refractivity contribution is 7.91. The predicted molar refractivity (Wildman–Crippen MR) is 139 cm³/mol. The lowest BCUT2D eigenvalue weighted by atomic mass is 9.77. The molecule has 2 fully saturated rings. The van der Waals surface area contributed by atoms with Gasteiger partial charge in [-0.15, -0.1) is 15.7 Å². The van der Waals surface area contributed by atoms with Crippen LogP contribution in [0.15, 0.2) is 44.2 Å². The van der Waals surface area contributed by atoms with E-state index in [-0.39, 0.29) is 63.6 Å². The number of nitrogens with zero attached hydrogens (tertiary/aromatic N) is 2. The molecule has 0 saturated heterocycles. The summed E-state index contributed by atoms with van der Waals surface area (Å²) in [5, 5.41) is 15.9. The molecular formula is C24H24F2N4O6S3. The number of benzene rings is 1. The van der Waals surface area contributed by atoms with E-state index in [0.717, 1.165) is 49.0 Å². The first kappa shape index (κ1) is 26.3. The summed E-state index contributed by atoms with van der Waals surface area (Å²) in [5.41, 5.74) is 0.279. The van der Waals surface area contributed by atoms with Crippen molar-refractivity contribution in [3.05, 3.63) is 57.7 Å². The van der Waals surface area contributed by atoms with Crippen LogP contribution in [-0.2, 0) is 37.9 Å². The van der Waals surface area contributed by atoms with Gasteiger partial charge in [-0.25, -0.2) is 21.9 Å². The molecule has 0 unspecified atom stereocenters. The normalized spacial score (nSPS) is 27.3. The number of aliphatic hydroxyl groups excluding tert-OH is 1. The number of halogens is 2. The van der Waals surface area contributed by atoms with Crippen LogP contribution in [0.3, 0.4) is 0 Å². The summed E-state index contributed by atoms with van der Waals surface area (Å²) in [6, 6.07) is 3.03. The highest BCUT2D eigenvalue weighted by atomic mass is 32.2. The summed E-state index contributed by atoms with van der Waals surface area (Å²) in [5.74, 6) is -3.50. The highest BCUT2D eigenvalue weighted by Crippen LogP contribution is 2.55. The Bertz CT molecular complexity index is 1680. The van der Waals surface area contributed by atoms with E-state index in [4.69, 9.17) is 0 Å². The Morgan fingerprint density at radius 3 is 2.69 bits per heavy atom. The maximum Gasteiger partial charge on any atom is 0.287 e. The molecule has 0 spiro atoms. The number of fused-ring (bicyclic) bond motifs is 6. The summed E-state index contributed by atoms with van der Waals surface area (Å²) in [6.45, 7) is -0.319. The fourth-order valence-corrected chi connectivity index (χ4v) is 9.40. The number of anilines is 1. The SMILES string of the molecule is CS(=O)(=O)NCc1csc2c1S(=O)(=O)N=C(C1=C(O)[C@@H]3[C@@H]4CC[C@@H](C4)[C@@H]3N(Cc3ccc(F)c(F)c3)C1=O)N2. The molecule has 1 aromatic heterocycles. The molecule has 15 heteroatoms. The van der Waals surface area contributed by atoms with E-state index in [9.17, 15) is 35.5 Å². The van der Waals surface area contributed by atoms with Crippen LogP contribution in [0.5, 0.6) is 0 Å². The minimum absolute atomic E-state index is 0.0528. The van der Waals surface area contributed by atoms with Gasteiger partial charge in [0.2, 0.25) is 10.0 Å². The Morgan fingerprint density at radius 1 is 1.23 bits per heavy atom. The largest absolute Gasteiger partial charge is 0.511 e. The summed E-state index contributed by atoms with van der Waals surface area (Å²) < 4.78 is 83.1. The maximum atomic E-state index is 14.0. The first-order valence-electron chi connectivity index (χ1n) is 12.2. The number of hydrogen-bond acceptors (Lipinski definition) is 8. The average Bonchev–Trinajstić information content (AvgIpc) is 3.57. The quantitative estimate of drug-likeness (QED) is 0.464. The Balaban J connectivity index is 1.39. The molecule has 6 rings (SSSR count). The summed E-state index contributed by atoms with van der Waals surface area (Å²) >= 11 is 1.00. The van der Waals surface area contributed by atoms with Crippen molar-refractivity contribution in [3.63, 3.8) is 0 Å². The molecule has 1 amide bonds. The standard InChI is InChI=1S/C24H24F2N4O6S3/c1-38(33,34)27-8-14-10-37-23-21(14)39(35,36)29-22(28-23)18-20(31)17-12-3-4-13(7-12)19(17)30(24(18)32)9-11-2-5-15(25)16(26)6-11/h2,5-6,10,12-13,17,19,27,31H,3-4,7-9H2,1H3,(H,28,29)/t12-,13+,17-,19+/m1/s1. The van der Waals surface area contributed by atoms with Crippen molar-refractivity contribution in [3.8, 4) is 0 Å². The van der Waals surface area contributed by atoms with Gasteiger partial charge in [-0.1, -0.05) is 6.07 Å². The van der Waals surface area contributed by atoms with E-state index in [1.165, 1.54) is 16.3 Å². The smallest absolute Gasteiger partial charge is 0.287 e. The van der Waals surface area contributed by atoms with Crippen LogP contribution >= 0.6 is 11.3 Å². The van der Waals surface area contributed by atoms with Gasteiger partial charge in [0, 0.05) is 30.6 Å². The Morgan fingerprint density at radius 2 is 1.97 bits per heavy atom. The zero-order valence-corrected chi connectivity index (χ0v) is 23.0. The fourth-order valence-electron chi connectivity index (χ4n) is 6.37. The Hall–Kier alpha value is -2.88. The summed E-state index contributed by atoms with van der Waals surface area (Å²) in [6.07, 6.45) is 3.46. The third kappa shape index (κ3) is 4.44. The molecule has 3 heterocycles. The second-order valence-corrected chi connectivity index (χ2v) is 14.6. The molecule has 10 nitrogen and oxygen atoms in total. The van der Waals surface area contributed by atoms with Crippen molar-refractivity contribution in [1.29, 1.82) is 0 Å². The van der Waals surface area contributed by atoms with Gasteiger partial charge in [0.1, 0.15) is 21.2 Å². The van der Waals surface area contributed by atoms with Crippen LogP contribution < -0.4 is 10.0 Å². The van der Waals surface area contributed by atoms with Crippen molar-refractivity contribution in [2.45, 2.75) is 43.3 Å². The average molecular weight is 599 g/mol. The predicted octanol–water partition coefficient (Wildman–Crippen LogP) is 2.86. The number of nitrogens with one attached hydrogen (secondary N) is 2. The van der Waals surface area contributed by atoms with Crippen molar-refractivity contribution < 1.29 is 35.5 Å². The number of carbonyl (C=O) groups is 1.